The van der Waals surface area contributed by atoms with Crippen molar-refractivity contribution in [3.8, 4) is 5.75 Å². The lowest BCUT2D eigenvalue weighted by molar-refractivity contribution is -0.135. The van der Waals surface area contributed by atoms with Crippen LogP contribution in [-0.4, -0.2) is 53.5 Å². The zero-order valence-electron chi connectivity index (χ0n) is 15.8. The number of likely N-dealkylation sites (tertiary alicyclic amines) is 1. The first-order chi connectivity index (χ1) is 12.9. The van der Waals surface area contributed by atoms with Crippen molar-refractivity contribution in [2.24, 2.45) is 0 Å². The number of phenols is 1. The van der Waals surface area contributed by atoms with Gasteiger partial charge in [-0.1, -0.05) is 24.3 Å². The Morgan fingerprint density at radius 2 is 1.85 bits per heavy atom. The smallest absolute Gasteiger partial charge is 0.247 e. The van der Waals surface area contributed by atoms with E-state index in [4.69, 9.17) is 0 Å². The van der Waals surface area contributed by atoms with E-state index in [2.05, 4.69) is 10.2 Å². The molecule has 0 unspecified atom stereocenters. The van der Waals surface area contributed by atoms with Crippen molar-refractivity contribution < 1.29 is 14.3 Å². The van der Waals surface area contributed by atoms with Crippen LogP contribution in [0.2, 0.25) is 0 Å². The van der Waals surface area contributed by atoms with E-state index in [1.165, 1.54) is 6.07 Å². The van der Waals surface area contributed by atoms with Gasteiger partial charge in [-0.3, -0.25) is 9.69 Å². The fourth-order valence-electron chi connectivity index (χ4n) is 3.62. The highest BCUT2D eigenvalue weighted by Gasteiger charge is 2.42. The van der Waals surface area contributed by atoms with E-state index >= 15 is 0 Å². The van der Waals surface area contributed by atoms with Crippen molar-refractivity contribution in [3.05, 3.63) is 59.9 Å². The van der Waals surface area contributed by atoms with Crippen molar-refractivity contribution in [2.45, 2.75) is 24.9 Å². The Balaban J connectivity index is 1.72. The second-order valence-electron chi connectivity index (χ2n) is 7.32. The summed E-state index contributed by atoms with van der Waals surface area (Å²) in [6, 6.07) is 13.9. The molecule has 5 nitrogen and oxygen atoms in total. The Morgan fingerprint density at radius 3 is 2.44 bits per heavy atom. The molecule has 1 aliphatic rings. The highest BCUT2D eigenvalue weighted by molar-refractivity contribution is 5.89. The molecule has 6 heteroatoms. The summed E-state index contributed by atoms with van der Waals surface area (Å²) in [6.07, 6.45) is 1.31. The number of benzene rings is 2. The van der Waals surface area contributed by atoms with E-state index in [1.54, 1.807) is 25.1 Å². The Kier molecular flexibility index (Phi) is 5.65. The molecule has 0 bridgehead atoms. The van der Waals surface area contributed by atoms with Gasteiger partial charge in [0.2, 0.25) is 5.91 Å². The van der Waals surface area contributed by atoms with Gasteiger partial charge < -0.3 is 15.3 Å². The van der Waals surface area contributed by atoms with Crippen LogP contribution in [0.5, 0.6) is 5.75 Å². The number of phenolic OH excluding ortho intramolecular Hbond substituents is 1. The van der Waals surface area contributed by atoms with E-state index in [0.29, 0.717) is 38.0 Å². The van der Waals surface area contributed by atoms with E-state index in [-0.39, 0.29) is 11.7 Å². The summed E-state index contributed by atoms with van der Waals surface area (Å²) in [5, 5.41) is 13.4. The van der Waals surface area contributed by atoms with Gasteiger partial charge in [0.25, 0.3) is 0 Å². The third-order valence-corrected chi connectivity index (χ3v) is 5.12. The number of amides is 1. The summed E-state index contributed by atoms with van der Waals surface area (Å²) in [7, 11) is 3.55. The molecule has 27 heavy (non-hydrogen) atoms. The summed E-state index contributed by atoms with van der Waals surface area (Å²) in [5.74, 6) is -0.410. The predicted molar refractivity (Wildman–Crippen MR) is 104 cm³/mol. The first kappa shape index (κ1) is 19.2. The quantitative estimate of drug-likeness (QED) is 0.848. The van der Waals surface area contributed by atoms with Crippen LogP contribution in [0.1, 0.15) is 18.4 Å². The van der Waals surface area contributed by atoms with E-state index in [1.807, 2.05) is 30.3 Å². The number of nitrogens with zero attached hydrogens (tertiary/aromatic N) is 2. The van der Waals surface area contributed by atoms with Crippen LogP contribution in [0.4, 0.5) is 10.1 Å². The van der Waals surface area contributed by atoms with Gasteiger partial charge >= 0.3 is 0 Å². The highest BCUT2D eigenvalue weighted by Crippen LogP contribution is 2.30. The molecule has 0 spiro atoms. The molecule has 0 radical (unpaired) electrons. The molecule has 1 aliphatic heterocycles. The largest absolute Gasteiger partial charge is 0.508 e. The molecule has 2 aromatic rings. The van der Waals surface area contributed by atoms with Crippen molar-refractivity contribution >= 4 is 11.6 Å². The van der Waals surface area contributed by atoms with E-state index in [0.717, 1.165) is 11.8 Å². The number of anilines is 1. The monoisotopic (exact) mass is 371 g/mol. The average Bonchev–Trinajstić information content (AvgIpc) is 2.65. The maximum absolute atomic E-state index is 13.2. The number of piperidine rings is 1. The van der Waals surface area contributed by atoms with Crippen LogP contribution in [0, 0.1) is 5.82 Å². The standard InChI is InChI=1S/C21H26FN3O2/c1-24(2)20(27)21(23-18-6-4-3-5-7-18)10-12-25(13-11-21)15-16-8-9-17(22)14-19(16)26/h3-9,14,23,26H,10-13,15H2,1-2H3. The van der Waals surface area contributed by atoms with Crippen molar-refractivity contribution in [1.82, 2.24) is 9.80 Å². The number of nitrogens with one attached hydrogen (secondary N) is 1. The molecule has 1 amide bonds. The third-order valence-electron chi connectivity index (χ3n) is 5.12. The van der Waals surface area contributed by atoms with Gasteiger partial charge in [0, 0.05) is 51.0 Å². The van der Waals surface area contributed by atoms with Crippen LogP contribution in [0.3, 0.4) is 0 Å². The Hall–Kier alpha value is -2.60. The maximum atomic E-state index is 13.2. The minimum Gasteiger partial charge on any atom is -0.508 e. The first-order valence-electron chi connectivity index (χ1n) is 9.14. The van der Waals surface area contributed by atoms with Crippen LogP contribution < -0.4 is 5.32 Å². The molecule has 0 atom stereocenters. The lowest BCUT2D eigenvalue weighted by Crippen LogP contribution is -2.57. The van der Waals surface area contributed by atoms with Gasteiger partial charge in [-0.2, -0.15) is 0 Å². The Bertz CT molecular complexity index is 787. The molecule has 1 fully saturated rings. The summed E-state index contributed by atoms with van der Waals surface area (Å²) in [5.41, 5.74) is 0.975. The first-order valence-corrected chi connectivity index (χ1v) is 9.14. The normalized spacial score (nSPS) is 16.7. The van der Waals surface area contributed by atoms with E-state index in [9.17, 15) is 14.3 Å². The molecule has 2 aromatic carbocycles. The van der Waals surface area contributed by atoms with Gasteiger partial charge in [-0.05, 0) is 31.0 Å². The van der Waals surface area contributed by atoms with Gasteiger partial charge in [-0.15, -0.1) is 0 Å². The lowest BCUT2D eigenvalue weighted by Gasteiger charge is -2.43. The number of likely N-dealkylation sites (N-methyl/N-ethyl adjacent to an activating group) is 1. The molecule has 3 rings (SSSR count). The number of hydrogen-bond donors (Lipinski definition) is 2. The Morgan fingerprint density at radius 1 is 1.19 bits per heavy atom. The molecule has 1 saturated heterocycles. The fourth-order valence-corrected chi connectivity index (χ4v) is 3.62. The van der Waals surface area contributed by atoms with Crippen LogP contribution in [0.25, 0.3) is 0 Å². The van der Waals surface area contributed by atoms with Gasteiger partial charge in [0.1, 0.15) is 17.1 Å². The Labute approximate surface area is 159 Å². The molecular formula is C21H26FN3O2. The highest BCUT2D eigenvalue weighted by atomic mass is 19.1. The molecule has 0 saturated carbocycles. The number of carbonyl (C=O) groups is 1. The zero-order chi connectivity index (χ0) is 19.4. The van der Waals surface area contributed by atoms with Crippen molar-refractivity contribution in [1.29, 1.82) is 0 Å². The van der Waals surface area contributed by atoms with Gasteiger partial charge in [-0.25, -0.2) is 4.39 Å². The SMILES string of the molecule is CN(C)C(=O)C1(Nc2ccccc2)CCN(Cc2ccc(F)cc2O)CC1. The third kappa shape index (κ3) is 4.39. The number of halogens is 1. The predicted octanol–water partition coefficient (Wildman–Crippen LogP) is 3.07. The second-order valence-corrected chi connectivity index (χ2v) is 7.32. The summed E-state index contributed by atoms with van der Waals surface area (Å²) in [4.78, 5) is 16.8. The number of aromatic hydroxyl groups is 1. The number of carbonyl (C=O) groups excluding carboxylic acids is 1. The van der Waals surface area contributed by atoms with Crippen LogP contribution in [0.15, 0.2) is 48.5 Å². The average molecular weight is 371 g/mol. The fraction of sp³-hybridized carbons (Fsp3) is 0.381. The topological polar surface area (TPSA) is 55.8 Å². The van der Waals surface area contributed by atoms with Gasteiger partial charge in [0.15, 0.2) is 0 Å². The maximum Gasteiger partial charge on any atom is 0.247 e. The minimum atomic E-state index is -0.647. The molecule has 2 N–H and O–H groups in total. The summed E-state index contributed by atoms with van der Waals surface area (Å²) >= 11 is 0. The number of para-hydroxylation sites is 1. The second kappa shape index (κ2) is 7.96. The van der Waals surface area contributed by atoms with Crippen molar-refractivity contribution in [3.63, 3.8) is 0 Å². The zero-order valence-corrected chi connectivity index (χ0v) is 15.8. The van der Waals surface area contributed by atoms with Gasteiger partial charge in [0.05, 0.1) is 0 Å². The molecule has 144 valence electrons. The van der Waals surface area contributed by atoms with Crippen LogP contribution in [-0.2, 0) is 11.3 Å². The lowest BCUT2D eigenvalue weighted by atomic mass is 9.85. The molecule has 1 heterocycles. The summed E-state index contributed by atoms with van der Waals surface area (Å²) < 4.78 is 13.2. The minimum absolute atomic E-state index is 0.0291. The number of hydrogen-bond acceptors (Lipinski definition) is 4. The van der Waals surface area contributed by atoms with E-state index < -0.39 is 11.4 Å². The number of rotatable bonds is 5. The summed E-state index contributed by atoms with van der Waals surface area (Å²) in [6.45, 7) is 1.94. The molecule has 0 aromatic heterocycles. The molecular weight excluding hydrogens is 345 g/mol. The van der Waals surface area contributed by atoms with Crippen LogP contribution >= 0.6 is 0 Å². The van der Waals surface area contributed by atoms with Crippen molar-refractivity contribution in [2.75, 3.05) is 32.5 Å². The molecule has 0 aliphatic carbocycles.